The Hall–Kier alpha value is -0.910. The number of rotatable bonds is 4. The molecule has 4 nitrogen and oxygen atoms in total. The molecule has 0 fully saturated rings. The van der Waals surface area contributed by atoms with Crippen LogP contribution in [-0.2, 0) is 9.84 Å². The lowest BCUT2D eigenvalue weighted by Gasteiger charge is -2.35. The molecule has 0 bridgehead atoms. The summed E-state index contributed by atoms with van der Waals surface area (Å²) in [6, 6.07) is 7.04. The van der Waals surface area contributed by atoms with Crippen LogP contribution in [0.25, 0.3) is 0 Å². The Labute approximate surface area is 108 Å². The summed E-state index contributed by atoms with van der Waals surface area (Å²) >= 11 is 0. The highest BCUT2D eigenvalue weighted by Crippen LogP contribution is 2.46. The number of hydrogen-bond acceptors (Lipinski definition) is 4. The van der Waals surface area contributed by atoms with Crippen molar-refractivity contribution >= 4 is 9.84 Å². The van der Waals surface area contributed by atoms with Gasteiger partial charge in [0.2, 0.25) is 0 Å². The number of aliphatic hydroxyl groups is 1. The van der Waals surface area contributed by atoms with Crippen LogP contribution >= 0.6 is 0 Å². The number of aliphatic hydroxyl groups excluding tert-OH is 1. The Morgan fingerprint density at radius 1 is 1.44 bits per heavy atom. The van der Waals surface area contributed by atoms with Gasteiger partial charge in [-0.05, 0) is 18.1 Å². The van der Waals surface area contributed by atoms with Crippen LogP contribution in [0.3, 0.4) is 0 Å². The van der Waals surface area contributed by atoms with Crippen LogP contribution in [0.4, 0.5) is 0 Å². The molecule has 0 spiro atoms. The molecule has 0 aromatic heterocycles. The average molecular weight is 269 g/mol. The summed E-state index contributed by atoms with van der Waals surface area (Å²) < 4.78 is 24.3. The van der Waals surface area contributed by atoms with Crippen molar-refractivity contribution in [2.75, 3.05) is 18.9 Å². The maximum Gasteiger partial charge on any atom is 0.179 e. The third-order valence-electron chi connectivity index (χ3n) is 4.18. The minimum absolute atomic E-state index is 0.0535. The highest BCUT2D eigenvalue weighted by Gasteiger charge is 2.45. The van der Waals surface area contributed by atoms with Crippen LogP contribution < -0.4 is 5.73 Å². The zero-order valence-corrected chi connectivity index (χ0v) is 11.3. The molecule has 0 saturated carbocycles. The first-order valence-corrected chi connectivity index (χ1v) is 7.78. The molecule has 100 valence electrons. The zero-order chi connectivity index (χ0) is 13.4. The van der Waals surface area contributed by atoms with E-state index in [1.54, 1.807) is 12.1 Å². The second-order valence-corrected chi connectivity index (χ2v) is 6.95. The van der Waals surface area contributed by atoms with Crippen LogP contribution in [0, 0.1) is 5.41 Å². The van der Waals surface area contributed by atoms with Gasteiger partial charge in [0.1, 0.15) is 0 Å². The first-order chi connectivity index (χ1) is 8.50. The summed E-state index contributed by atoms with van der Waals surface area (Å²) in [6.45, 7) is 2.14. The van der Waals surface area contributed by atoms with Gasteiger partial charge in [-0.2, -0.15) is 0 Å². The van der Waals surface area contributed by atoms with Crippen molar-refractivity contribution in [1.82, 2.24) is 0 Å². The molecule has 18 heavy (non-hydrogen) atoms. The predicted molar refractivity (Wildman–Crippen MR) is 70.1 cm³/mol. The maximum atomic E-state index is 12.1. The molecule has 0 radical (unpaired) electrons. The maximum absolute atomic E-state index is 12.1. The van der Waals surface area contributed by atoms with Gasteiger partial charge < -0.3 is 10.8 Å². The molecular weight excluding hydrogens is 250 g/mol. The van der Waals surface area contributed by atoms with Gasteiger partial charge in [-0.1, -0.05) is 25.1 Å². The van der Waals surface area contributed by atoms with Crippen LogP contribution in [0.2, 0.25) is 0 Å². The largest absolute Gasteiger partial charge is 0.396 e. The summed E-state index contributed by atoms with van der Waals surface area (Å²) in [5.41, 5.74) is 6.06. The quantitative estimate of drug-likeness (QED) is 0.851. The number of sulfone groups is 1. The molecule has 5 heteroatoms. The standard InChI is InChI=1S/C13H19NO3S/c1-2-13(8-14,9-15)11-7-18(16,17)12-6-4-3-5-10(11)12/h3-6,11,15H,2,7-9,14H2,1H3. The minimum atomic E-state index is -3.23. The Balaban J connectivity index is 2.57. The van der Waals surface area contributed by atoms with E-state index in [1.165, 1.54) is 0 Å². The van der Waals surface area contributed by atoms with E-state index in [9.17, 15) is 13.5 Å². The molecule has 2 rings (SSSR count). The Bertz CT molecular complexity index is 527. The van der Waals surface area contributed by atoms with Crippen LogP contribution in [0.15, 0.2) is 29.2 Å². The van der Waals surface area contributed by atoms with Crippen molar-refractivity contribution in [2.45, 2.75) is 24.2 Å². The summed E-state index contributed by atoms with van der Waals surface area (Å²) in [7, 11) is -3.23. The van der Waals surface area contributed by atoms with Crippen molar-refractivity contribution in [3.63, 3.8) is 0 Å². The van der Waals surface area contributed by atoms with E-state index in [0.717, 1.165) is 5.56 Å². The van der Waals surface area contributed by atoms with Gasteiger partial charge >= 0.3 is 0 Å². The molecule has 0 amide bonds. The Morgan fingerprint density at radius 3 is 2.67 bits per heavy atom. The van der Waals surface area contributed by atoms with Gasteiger partial charge in [-0.3, -0.25) is 0 Å². The number of benzene rings is 1. The molecule has 2 unspecified atom stereocenters. The normalized spacial score (nSPS) is 24.5. The van der Waals surface area contributed by atoms with Crippen LogP contribution in [-0.4, -0.2) is 32.4 Å². The molecular formula is C13H19NO3S. The van der Waals surface area contributed by atoms with Gasteiger partial charge in [0.15, 0.2) is 9.84 Å². The van der Waals surface area contributed by atoms with E-state index >= 15 is 0 Å². The third-order valence-corrected chi connectivity index (χ3v) is 5.99. The van der Waals surface area contributed by atoms with E-state index in [1.807, 2.05) is 19.1 Å². The summed E-state index contributed by atoms with van der Waals surface area (Å²) in [4.78, 5) is 0.398. The monoisotopic (exact) mass is 269 g/mol. The molecule has 2 atom stereocenters. The first kappa shape index (κ1) is 13.5. The molecule has 0 saturated heterocycles. The first-order valence-electron chi connectivity index (χ1n) is 6.13. The highest BCUT2D eigenvalue weighted by atomic mass is 32.2. The molecule has 1 aromatic carbocycles. The van der Waals surface area contributed by atoms with Crippen LogP contribution in [0.1, 0.15) is 24.8 Å². The number of nitrogens with two attached hydrogens (primary N) is 1. The number of hydrogen-bond donors (Lipinski definition) is 2. The van der Waals surface area contributed by atoms with E-state index in [0.29, 0.717) is 11.3 Å². The van der Waals surface area contributed by atoms with E-state index in [4.69, 9.17) is 5.73 Å². The zero-order valence-electron chi connectivity index (χ0n) is 10.5. The molecule has 1 aromatic rings. The molecule has 0 aliphatic carbocycles. The summed E-state index contributed by atoms with van der Waals surface area (Å²) in [6.07, 6.45) is 0.661. The van der Waals surface area contributed by atoms with Crippen molar-refractivity contribution < 1.29 is 13.5 Å². The lowest BCUT2D eigenvalue weighted by Crippen LogP contribution is -2.40. The molecule has 1 aliphatic rings. The van der Waals surface area contributed by atoms with Crippen molar-refractivity contribution in [1.29, 1.82) is 0 Å². The van der Waals surface area contributed by atoms with Crippen molar-refractivity contribution in [2.24, 2.45) is 11.1 Å². The average Bonchev–Trinajstić information content (AvgIpc) is 2.66. The van der Waals surface area contributed by atoms with Gasteiger partial charge in [0.05, 0.1) is 17.3 Å². The molecule has 3 N–H and O–H groups in total. The summed E-state index contributed by atoms with van der Waals surface area (Å²) in [5.74, 6) is -0.156. The topological polar surface area (TPSA) is 80.4 Å². The van der Waals surface area contributed by atoms with Gasteiger partial charge in [-0.15, -0.1) is 0 Å². The van der Waals surface area contributed by atoms with Crippen LogP contribution in [0.5, 0.6) is 0 Å². The highest BCUT2D eigenvalue weighted by molar-refractivity contribution is 7.91. The number of fused-ring (bicyclic) bond motifs is 1. The van der Waals surface area contributed by atoms with Gasteiger partial charge in [-0.25, -0.2) is 8.42 Å². The molecule has 1 heterocycles. The lowest BCUT2D eigenvalue weighted by molar-refractivity contribution is 0.105. The van der Waals surface area contributed by atoms with E-state index in [2.05, 4.69) is 0 Å². The minimum Gasteiger partial charge on any atom is -0.396 e. The fraction of sp³-hybridized carbons (Fsp3) is 0.538. The SMILES string of the molecule is CCC(CN)(CO)C1CS(=O)(=O)c2ccccc21. The predicted octanol–water partition coefficient (Wildman–Crippen LogP) is 0.905. The summed E-state index contributed by atoms with van der Waals surface area (Å²) in [5, 5.41) is 9.66. The van der Waals surface area contributed by atoms with Crippen molar-refractivity contribution in [3.8, 4) is 0 Å². The second-order valence-electron chi connectivity index (χ2n) is 4.95. The fourth-order valence-electron chi connectivity index (χ4n) is 2.78. The van der Waals surface area contributed by atoms with Gasteiger partial charge in [0, 0.05) is 17.9 Å². The van der Waals surface area contributed by atoms with Crippen molar-refractivity contribution in [3.05, 3.63) is 29.8 Å². The van der Waals surface area contributed by atoms with E-state index < -0.39 is 15.3 Å². The van der Waals surface area contributed by atoms with Gasteiger partial charge in [0.25, 0.3) is 0 Å². The Morgan fingerprint density at radius 2 is 2.11 bits per heavy atom. The van der Waals surface area contributed by atoms with E-state index in [-0.39, 0.29) is 24.8 Å². The second kappa shape index (κ2) is 4.64. The molecule has 1 aliphatic heterocycles. The lowest BCUT2D eigenvalue weighted by atomic mass is 9.71. The Kier molecular flexibility index (Phi) is 3.49. The third kappa shape index (κ3) is 1.86. The smallest absolute Gasteiger partial charge is 0.179 e. The fourth-order valence-corrected chi connectivity index (χ4v) is 4.78.